The Labute approximate surface area is 116 Å². The van der Waals surface area contributed by atoms with Crippen LogP contribution in [0.2, 0.25) is 0 Å². The van der Waals surface area contributed by atoms with Crippen molar-refractivity contribution in [2.24, 2.45) is 0 Å². The number of amides is 1. The van der Waals surface area contributed by atoms with E-state index in [0.29, 0.717) is 6.04 Å². The third-order valence-corrected chi connectivity index (χ3v) is 3.82. The molecule has 1 N–H and O–H groups in total. The average Bonchev–Trinajstić information content (AvgIpc) is 2.46. The third-order valence-electron chi connectivity index (χ3n) is 3.82. The zero-order valence-corrected chi connectivity index (χ0v) is 12.0. The van der Waals surface area contributed by atoms with Crippen molar-refractivity contribution < 1.29 is 4.79 Å². The molecule has 1 aliphatic rings. The summed E-state index contributed by atoms with van der Waals surface area (Å²) in [5.41, 5.74) is 1.98. The predicted molar refractivity (Wildman–Crippen MR) is 78.4 cm³/mol. The molecule has 1 atom stereocenters. The first-order valence-corrected chi connectivity index (χ1v) is 7.30. The third kappa shape index (κ3) is 3.80. The molecule has 3 heteroatoms. The lowest BCUT2D eigenvalue weighted by atomic mass is 10.0. The van der Waals surface area contributed by atoms with Crippen molar-refractivity contribution >= 4 is 5.91 Å². The van der Waals surface area contributed by atoms with Gasteiger partial charge in [-0.05, 0) is 45.4 Å². The van der Waals surface area contributed by atoms with Crippen LogP contribution < -0.4 is 5.32 Å². The molecule has 0 spiro atoms. The van der Waals surface area contributed by atoms with Crippen LogP contribution in [-0.4, -0.2) is 36.5 Å². The number of carbonyl (C=O) groups excluding carboxylic acids is 1. The summed E-state index contributed by atoms with van der Waals surface area (Å²) in [5.74, 6) is 0.148. The Morgan fingerprint density at radius 2 is 2.05 bits per heavy atom. The lowest BCUT2D eigenvalue weighted by Crippen LogP contribution is -2.45. The number of rotatable bonds is 4. The van der Waals surface area contributed by atoms with Crippen molar-refractivity contribution in [3.8, 4) is 0 Å². The molecule has 0 bridgehead atoms. The van der Waals surface area contributed by atoms with Crippen molar-refractivity contribution in [3.63, 3.8) is 0 Å². The number of likely N-dealkylation sites (N-methyl/N-ethyl adjacent to an activating group) is 1. The predicted octanol–water partition coefficient (Wildman–Crippen LogP) is 2.60. The molecular formula is C16H24N2O. The van der Waals surface area contributed by atoms with Crippen molar-refractivity contribution in [1.29, 1.82) is 0 Å². The standard InChI is InChI=1S/C16H24N2O/c1-3-18(12-15-6-4-5-11-17-15)16(19)14-9-7-13(2)8-10-14/h7-10,15,17H,3-6,11-12H2,1-2H3. The van der Waals surface area contributed by atoms with Gasteiger partial charge in [-0.25, -0.2) is 0 Å². The van der Waals surface area contributed by atoms with E-state index >= 15 is 0 Å². The second kappa shape index (κ2) is 6.71. The van der Waals surface area contributed by atoms with Gasteiger partial charge in [-0.15, -0.1) is 0 Å². The zero-order chi connectivity index (χ0) is 13.7. The number of nitrogens with zero attached hydrogens (tertiary/aromatic N) is 1. The van der Waals surface area contributed by atoms with Crippen LogP contribution in [0.1, 0.15) is 42.1 Å². The van der Waals surface area contributed by atoms with E-state index in [1.165, 1.54) is 24.8 Å². The van der Waals surface area contributed by atoms with E-state index in [0.717, 1.165) is 25.2 Å². The van der Waals surface area contributed by atoms with Crippen molar-refractivity contribution in [2.45, 2.75) is 39.2 Å². The van der Waals surface area contributed by atoms with E-state index in [1.54, 1.807) is 0 Å². The molecule has 1 aromatic carbocycles. The van der Waals surface area contributed by atoms with Crippen LogP contribution in [-0.2, 0) is 0 Å². The monoisotopic (exact) mass is 260 g/mol. The minimum absolute atomic E-state index is 0.148. The summed E-state index contributed by atoms with van der Waals surface area (Å²) in [6.45, 7) is 6.77. The molecule has 0 aliphatic carbocycles. The number of aryl methyl sites for hydroxylation is 1. The van der Waals surface area contributed by atoms with Gasteiger partial charge in [0.2, 0.25) is 0 Å². The topological polar surface area (TPSA) is 32.3 Å². The normalized spacial score (nSPS) is 19.2. The minimum Gasteiger partial charge on any atom is -0.337 e. The highest BCUT2D eigenvalue weighted by Gasteiger charge is 2.20. The van der Waals surface area contributed by atoms with Gasteiger partial charge in [-0.2, -0.15) is 0 Å². The van der Waals surface area contributed by atoms with Gasteiger partial charge in [0.1, 0.15) is 0 Å². The number of benzene rings is 1. The quantitative estimate of drug-likeness (QED) is 0.902. The molecule has 0 radical (unpaired) electrons. The van der Waals surface area contributed by atoms with Gasteiger partial charge in [0.15, 0.2) is 0 Å². The zero-order valence-electron chi connectivity index (χ0n) is 12.0. The van der Waals surface area contributed by atoms with Gasteiger partial charge in [0.05, 0.1) is 0 Å². The molecule has 1 amide bonds. The minimum atomic E-state index is 0.148. The van der Waals surface area contributed by atoms with E-state index in [2.05, 4.69) is 12.2 Å². The molecule has 1 aliphatic heterocycles. The molecule has 0 saturated carbocycles. The molecule has 0 aromatic heterocycles. The van der Waals surface area contributed by atoms with E-state index in [-0.39, 0.29) is 5.91 Å². The highest BCUT2D eigenvalue weighted by molar-refractivity contribution is 5.94. The van der Waals surface area contributed by atoms with E-state index < -0.39 is 0 Å². The number of hydrogen-bond acceptors (Lipinski definition) is 2. The number of carbonyl (C=O) groups is 1. The van der Waals surface area contributed by atoms with Gasteiger partial charge in [-0.1, -0.05) is 24.1 Å². The maximum atomic E-state index is 12.5. The first-order valence-electron chi connectivity index (χ1n) is 7.30. The van der Waals surface area contributed by atoms with Crippen LogP contribution in [0.25, 0.3) is 0 Å². The van der Waals surface area contributed by atoms with Crippen molar-refractivity contribution in [2.75, 3.05) is 19.6 Å². The lowest BCUT2D eigenvalue weighted by molar-refractivity contribution is 0.0741. The lowest BCUT2D eigenvalue weighted by Gasteiger charge is -2.30. The highest BCUT2D eigenvalue weighted by Crippen LogP contribution is 2.12. The Morgan fingerprint density at radius 1 is 1.32 bits per heavy atom. The van der Waals surface area contributed by atoms with Gasteiger partial charge in [0, 0.05) is 24.7 Å². The Balaban J connectivity index is 1.99. The second-order valence-electron chi connectivity index (χ2n) is 5.36. The van der Waals surface area contributed by atoms with E-state index in [1.807, 2.05) is 36.1 Å². The Bertz CT molecular complexity index is 407. The van der Waals surface area contributed by atoms with Crippen molar-refractivity contribution in [1.82, 2.24) is 10.2 Å². The Kier molecular flexibility index (Phi) is 4.97. The fourth-order valence-electron chi connectivity index (χ4n) is 2.58. The first-order chi connectivity index (χ1) is 9.20. The molecule has 1 fully saturated rings. The summed E-state index contributed by atoms with van der Waals surface area (Å²) < 4.78 is 0. The summed E-state index contributed by atoms with van der Waals surface area (Å²) in [6.07, 6.45) is 3.71. The molecule has 1 unspecified atom stereocenters. The van der Waals surface area contributed by atoms with Crippen LogP contribution in [0.3, 0.4) is 0 Å². The summed E-state index contributed by atoms with van der Waals surface area (Å²) in [4.78, 5) is 14.4. The summed E-state index contributed by atoms with van der Waals surface area (Å²) in [7, 11) is 0. The fourth-order valence-corrected chi connectivity index (χ4v) is 2.58. The van der Waals surface area contributed by atoms with Gasteiger partial charge < -0.3 is 10.2 Å². The largest absolute Gasteiger partial charge is 0.337 e. The maximum absolute atomic E-state index is 12.5. The molecule has 1 saturated heterocycles. The molecule has 2 rings (SSSR count). The van der Waals surface area contributed by atoms with Crippen LogP contribution in [0, 0.1) is 6.92 Å². The van der Waals surface area contributed by atoms with Crippen LogP contribution in [0.5, 0.6) is 0 Å². The van der Waals surface area contributed by atoms with Crippen LogP contribution in [0.4, 0.5) is 0 Å². The van der Waals surface area contributed by atoms with Crippen LogP contribution >= 0.6 is 0 Å². The molecule has 1 heterocycles. The van der Waals surface area contributed by atoms with Gasteiger partial charge in [0.25, 0.3) is 5.91 Å². The van der Waals surface area contributed by atoms with Gasteiger partial charge in [-0.3, -0.25) is 4.79 Å². The van der Waals surface area contributed by atoms with E-state index in [4.69, 9.17) is 0 Å². The fraction of sp³-hybridized carbons (Fsp3) is 0.562. The smallest absolute Gasteiger partial charge is 0.253 e. The Hall–Kier alpha value is -1.35. The molecule has 1 aromatic rings. The first kappa shape index (κ1) is 14.1. The molecule has 104 valence electrons. The number of nitrogens with one attached hydrogen (secondary N) is 1. The van der Waals surface area contributed by atoms with Crippen LogP contribution in [0.15, 0.2) is 24.3 Å². The summed E-state index contributed by atoms with van der Waals surface area (Å²) >= 11 is 0. The maximum Gasteiger partial charge on any atom is 0.253 e. The highest BCUT2D eigenvalue weighted by atomic mass is 16.2. The Morgan fingerprint density at radius 3 is 2.63 bits per heavy atom. The second-order valence-corrected chi connectivity index (χ2v) is 5.36. The average molecular weight is 260 g/mol. The summed E-state index contributed by atoms with van der Waals surface area (Å²) in [6, 6.07) is 8.31. The molecule has 19 heavy (non-hydrogen) atoms. The number of hydrogen-bond donors (Lipinski definition) is 1. The molecule has 3 nitrogen and oxygen atoms in total. The molecular weight excluding hydrogens is 236 g/mol. The van der Waals surface area contributed by atoms with E-state index in [9.17, 15) is 4.79 Å². The number of piperidine rings is 1. The summed E-state index contributed by atoms with van der Waals surface area (Å²) in [5, 5.41) is 3.51. The van der Waals surface area contributed by atoms with Gasteiger partial charge >= 0.3 is 0 Å². The SMILES string of the molecule is CCN(CC1CCCCN1)C(=O)c1ccc(C)cc1. The van der Waals surface area contributed by atoms with Crippen molar-refractivity contribution in [3.05, 3.63) is 35.4 Å².